The predicted molar refractivity (Wildman–Crippen MR) is 114 cm³/mol. The average molecular weight is 383 g/mol. The quantitative estimate of drug-likeness (QED) is 0.701. The molecule has 1 N–H and O–H groups in total. The van der Waals surface area contributed by atoms with Gasteiger partial charge >= 0.3 is 0 Å². The third kappa shape index (κ3) is 5.73. The van der Waals surface area contributed by atoms with E-state index < -0.39 is 0 Å². The predicted octanol–water partition coefficient (Wildman–Crippen LogP) is 4.00. The van der Waals surface area contributed by atoms with Crippen molar-refractivity contribution in [3.8, 4) is 11.5 Å². The van der Waals surface area contributed by atoms with Crippen molar-refractivity contribution in [2.45, 2.75) is 39.2 Å². The number of benzene rings is 1. The molecule has 0 amide bonds. The van der Waals surface area contributed by atoms with E-state index in [-0.39, 0.29) is 11.2 Å². The molecule has 0 spiro atoms. The van der Waals surface area contributed by atoms with Crippen molar-refractivity contribution in [2.24, 2.45) is 0 Å². The molecule has 5 nitrogen and oxygen atoms in total. The lowest BCUT2D eigenvalue weighted by Crippen LogP contribution is -2.31. The second-order valence-corrected chi connectivity index (χ2v) is 7.24. The van der Waals surface area contributed by atoms with Gasteiger partial charge in [-0.3, -0.25) is 4.79 Å². The molecule has 1 aromatic carbocycles. The highest BCUT2D eigenvalue weighted by Gasteiger charge is 2.09. The molecule has 1 aliphatic heterocycles. The molecule has 1 fully saturated rings. The Kier molecular flexibility index (Phi) is 7.31. The number of aromatic nitrogens is 1. The van der Waals surface area contributed by atoms with E-state index >= 15 is 0 Å². The van der Waals surface area contributed by atoms with Gasteiger partial charge in [0.1, 0.15) is 5.75 Å². The van der Waals surface area contributed by atoms with E-state index in [1.807, 2.05) is 47.9 Å². The van der Waals surface area contributed by atoms with Crippen LogP contribution in [-0.2, 0) is 6.54 Å². The Morgan fingerprint density at radius 2 is 1.86 bits per heavy atom. The first-order chi connectivity index (χ1) is 13.7. The maximum atomic E-state index is 11.7. The van der Waals surface area contributed by atoms with Crippen LogP contribution in [0.5, 0.6) is 11.5 Å². The lowest BCUT2D eigenvalue weighted by Gasteiger charge is -2.26. The lowest BCUT2D eigenvalue weighted by atomic mass is 10.1. The number of pyridine rings is 1. The Morgan fingerprint density at radius 1 is 1.11 bits per heavy atom. The van der Waals surface area contributed by atoms with Crippen molar-refractivity contribution in [3.63, 3.8) is 0 Å². The van der Waals surface area contributed by atoms with Crippen LogP contribution in [0, 0.1) is 0 Å². The standard InChI is InChI=1S/C23H30N2O3/c1-2-25-18-23(27)22(26)17-20(25)10-7-19-8-11-21(12-9-19)28-16-6-15-24-13-4-3-5-14-24/h7-12,17-18,27H,2-6,13-16H2,1H3/b10-7+. The topological polar surface area (TPSA) is 54.7 Å². The zero-order valence-electron chi connectivity index (χ0n) is 16.6. The van der Waals surface area contributed by atoms with Gasteiger partial charge in [-0.25, -0.2) is 0 Å². The van der Waals surface area contributed by atoms with Gasteiger partial charge in [-0.2, -0.15) is 0 Å². The zero-order valence-corrected chi connectivity index (χ0v) is 16.6. The summed E-state index contributed by atoms with van der Waals surface area (Å²) in [5.41, 5.74) is 1.44. The molecular formula is C23H30N2O3. The van der Waals surface area contributed by atoms with Crippen molar-refractivity contribution in [3.05, 3.63) is 58.0 Å². The molecule has 28 heavy (non-hydrogen) atoms. The minimum atomic E-state index is -0.363. The van der Waals surface area contributed by atoms with Crippen molar-refractivity contribution < 1.29 is 9.84 Å². The summed E-state index contributed by atoms with van der Waals surface area (Å²) in [7, 11) is 0. The minimum absolute atomic E-state index is 0.221. The lowest BCUT2D eigenvalue weighted by molar-refractivity contribution is 0.205. The first kappa shape index (κ1) is 20.2. The molecule has 2 heterocycles. The fourth-order valence-corrected chi connectivity index (χ4v) is 3.51. The number of aryl methyl sites for hydroxylation is 1. The molecular weight excluding hydrogens is 352 g/mol. The largest absolute Gasteiger partial charge is 0.503 e. The second-order valence-electron chi connectivity index (χ2n) is 7.24. The molecule has 0 bridgehead atoms. The average Bonchev–Trinajstić information content (AvgIpc) is 2.73. The summed E-state index contributed by atoms with van der Waals surface area (Å²) in [6.07, 6.45) is 10.4. The van der Waals surface area contributed by atoms with Gasteiger partial charge in [0.25, 0.3) is 0 Å². The van der Waals surface area contributed by atoms with Crippen LogP contribution in [0.3, 0.4) is 0 Å². The molecule has 3 rings (SSSR count). The van der Waals surface area contributed by atoms with E-state index in [4.69, 9.17) is 4.74 Å². The fraction of sp³-hybridized carbons (Fsp3) is 0.435. The van der Waals surface area contributed by atoms with Gasteiger partial charge < -0.3 is 19.3 Å². The Hall–Kier alpha value is -2.53. The molecule has 1 saturated heterocycles. The first-order valence-corrected chi connectivity index (χ1v) is 10.2. The number of ether oxygens (including phenoxy) is 1. The molecule has 1 aliphatic rings. The van der Waals surface area contributed by atoms with Crippen LogP contribution in [-0.4, -0.2) is 40.8 Å². The van der Waals surface area contributed by atoms with E-state index in [0.717, 1.165) is 36.6 Å². The van der Waals surface area contributed by atoms with Crippen LogP contribution in [0.1, 0.15) is 43.9 Å². The van der Waals surface area contributed by atoms with Gasteiger partial charge in [-0.05, 0) is 63.0 Å². The third-order valence-corrected chi connectivity index (χ3v) is 5.14. The second kappa shape index (κ2) is 10.1. The van der Waals surface area contributed by atoms with Crippen molar-refractivity contribution >= 4 is 12.2 Å². The normalized spacial score (nSPS) is 15.2. The summed E-state index contributed by atoms with van der Waals surface area (Å²) in [6.45, 7) is 6.97. The minimum Gasteiger partial charge on any atom is -0.503 e. The monoisotopic (exact) mass is 382 g/mol. The Balaban J connectivity index is 1.51. The molecule has 0 radical (unpaired) electrons. The molecule has 2 aromatic rings. The Morgan fingerprint density at radius 3 is 2.57 bits per heavy atom. The summed E-state index contributed by atoms with van der Waals surface area (Å²) in [4.78, 5) is 14.2. The van der Waals surface area contributed by atoms with E-state index in [2.05, 4.69) is 4.90 Å². The molecule has 150 valence electrons. The molecule has 0 aliphatic carbocycles. The molecule has 5 heteroatoms. The fourth-order valence-electron chi connectivity index (χ4n) is 3.51. The van der Waals surface area contributed by atoms with Crippen molar-refractivity contribution in [1.29, 1.82) is 0 Å². The third-order valence-electron chi connectivity index (χ3n) is 5.14. The maximum absolute atomic E-state index is 11.7. The SMILES string of the molecule is CCn1cc(O)c(=O)cc1/C=C/c1ccc(OCCCN2CCCCC2)cc1. The highest BCUT2D eigenvalue weighted by Crippen LogP contribution is 2.16. The summed E-state index contributed by atoms with van der Waals surface area (Å²) in [5, 5.41) is 9.56. The zero-order chi connectivity index (χ0) is 19.8. The van der Waals surface area contributed by atoms with Crippen molar-refractivity contribution in [1.82, 2.24) is 9.47 Å². The number of rotatable bonds is 8. The maximum Gasteiger partial charge on any atom is 0.223 e. The van der Waals surface area contributed by atoms with Crippen LogP contribution in [0.25, 0.3) is 12.2 Å². The number of hydrogen-bond donors (Lipinski definition) is 1. The van der Waals surface area contributed by atoms with E-state index in [1.165, 1.54) is 44.6 Å². The van der Waals surface area contributed by atoms with Crippen LogP contribution in [0.2, 0.25) is 0 Å². The van der Waals surface area contributed by atoms with Crippen LogP contribution in [0.4, 0.5) is 0 Å². The Bertz CT molecular complexity index is 834. The highest BCUT2D eigenvalue weighted by molar-refractivity contribution is 5.68. The molecule has 1 aromatic heterocycles. The van der Waals surface area contributed by atoms with Gasteiger partial charge in [0.05, 0.1) is 12.8 Å². The van der Waals surface area contributed by atoms with Gasteiger partial charge in [0.15, 0.2) is 5.75 Å². The first-order valence-electron chi connectivity index (χ1n) is 10.2. The number of likely N-dealkylation sites (tertiary alicyclic amines) is 1. The van der Waals surface area contributed by atoms with Gasteiger partial charge in [0, 0.05) is 24.8 Å². The highest BCUT2D eigenvalue weighted by atomic mass is 16.5. The number of aromatic hydroxyl groups is 1. The molecule has 0 saturated carbocycles. The summed E-state index contributed by atoms with van der Waals surface area (Å²) >= 11 is 0. The van der Waals surface area contributed by atoms with E-state index in [1.54, 1.807) is 0 Å². The number of hydrogen-bond acceptors (Lipinski definition) is 4. The summed E-state index contributed by atoms with van der Waals surface area (Å²) in [6, 6.07) is 9.42. The molecule has 0 unspecified atom stereocenters. The Labute approximate surface area is 166 Å². The van der Waals surface area contributed by atoms with Gasteiger partial charge in [-0.1, -0.05) is 24.6 Å². The summed E-state index contributed by atoms with van der Waals surface area (Å²) in [5.74, 6) is 0.659. The smallest absolute Gasteiger partial charge is 0.223 e. The van der Waals surface area contributed by atoms with Crippen LogP contribution < -0.4 is 10.2 Å². The van der Waals surface area contributed by atoms with E-state index in [0.29, 0.717) is 6.54 Å². The van der Waals surface area contributed by atoms with Gasteiger partial charge in [-0.15, -0.1) is 0 Å². The van der Waals surface area contributed by atoms with Crippen LogP contribution >= 0.6 is 0 Å². The van der Waals surface area contributed by atoms with Crippen molar-refractivity contribution in [2.75, 3.05) is 26.2 Å². The number of piperidine rings is 1. The summed E-state index contributed by atoms with van der Waals surface area (Å²) < 4.78 is 7.70. The van der Waals surface area contributed by atoms with Gasteiger partial charge in [0.2, 0.25) is 5.43 Å². The van der Waals surface area contributed by atoms with Crippen LogP contribution in [0.15, 0.2) is 41.3 Å². The number of nitrogens with zero attached hydrogens (tertiary/aromatic N) is 2. The molecule has 0 atom stereocenters. The van der Waals surface area contributed by atoms with E-state index in [9.17, 15) is 9.90 Å².